The highest BCUT2D eigenvalue weighted by atomic mass is 16.5. The van der Waals surface area contributed by atoms with E-state index < -0.39 is 0 Å². The molecule has 0 saturated carbocycles. The molecular formula is C10H27NO5. The summed E-state index contributed by atoms with van der Waals surface area (Å²) in [7, 11) is 0. The van der Waals surface area contributed by atoms with Crippen molar-refractivity contribution in [2.45, 2.75) is 19.8 Å². The maximum atomic E-state index is 8.24. The minimum absolute atomic E-state index is 0. The van der Waals surface area contributed by atoms with Crippen molar-refractivity contribution in [3.8, 4) is 0 Å². The van der Waals surface area contributed by atoms with Gasteiger partial charge in [-0.3, -0.25) is 0 Å². The van der Waals surface area contributed by atoms with Gasteiger partial charge < -0.3 is 30.8 Å². The zero-order valence-electron chi connectivity index (χ0n) is 10.1. The van der Waals surface area contributed by atoms with Crippen LogP contribution in [0, 0.1) is 0 Å². The van der Waals surface area contributed by atoms with E-state index in [9.17, 15) is 0 Å². The lowest BCUT2D eigenvalue weighted by Gasteiger charge is -1.97. The number of nitrogens with one attached hydrogen (secondary N) is 1. The van der Waals surface area contributed by atoms with Crippen molar-refractivity contribution in [3.63, 3.8) is 0 Å². The van der Waals surface area contributed by atoms with Crippen LogP contribution in [0.25, 0.3) is 0 Å². The molecular weight excluding hydrogens is 214 g/mol. The fraction of sp³-hybridized carbons (Fsp3) is 1.00. The van der Waals surface area contributed by atoms with Crippen LogP contribution in [0.1, 0.15) is 19.8 Å². The van der Waals surface area contributed by atoms with Gasteiger partial charge in [0, 0.05) is 19.7 Å². The van der Waals surface area contributed by atoms with Crippen LogP contribution in [0.3, 0.4) is 0 Å². The van der Waals surface area contributed by atoms with E-state index in [0.717, 1.165) is 19.4 Å². The first-order valence-electron chi connectivity index (χ1n) is 5.44. The summed E-state index contributed by atoms with van der Waals surface area (Å²) >= 11 is 0. The molecule has 0 unspecified atom stereocenters. The molecule has 0 aromatic carbocycles. The van der Waals surface area contributed by atoms with Crippen LogP contribution in [0.2, 0.25) is 0 Å². The summed E-state index contributed by atoms with van der Waals surface area (Å²) in [5, 5.41) is 27.3. The van der Waals surface area contributed by atoms with Crippen LogP contribution in [0.5, 0.6) is 0 Å². The van der Waals surface area contributed by atoms with Crippen LogP contribution in [-0.4, -0.2) is 66.9 Å². The SMILES string of the molecule is CCCCOCCO.O.OCCNCCO. The van der Waals surface area contributed by atoms with Gasteiger partial charge in [0.15, 0.2) is 0 Å². The van der Waals surface area contributed by atoms with Crippen molar-refractivity contribution in [2.24, 2.45) is 0 Å². The van der Waals surface area contributed by atoms with Crippen molar-refractivity contribution in [2.75, 3.05) is 46.1 Å². The van der Waals surface area contributed by atoms with E-state index in [2.05, 4.69) is 12.2 Å². The summed E-state index contributed by atoms with van der Waals surface area (Å²) in [4.78, 5) is 0. The highest BCUT2D eigenvalue weighted by molar-refractivity contribution is 4.39. The highest BCUT2D eigenvalue weighted by Gasteiger charge is 1.82. The van der Waals surface area contributed by atoms with Gasteiger partial charge in [-0.1, -0.05) is 13.3 Å². The van der Waals surface area contributed by atoms with Crippen molar-refractivity contribution >= 4 is 0 Å². The molecule has 0 aliphatic carbocycles. The van der Waals surface area contributed by atoms with E-state index in [4.69, 9.17) is 20.1 Å². The first-order valence-corrected chi connectivity index (χ1v) is 5.44. The Kier molecular flexibility index (Phi) is 31.8. The van der Waals surface area contributed by atoms with Gasteiger partial charge in [0.1, 0.15) is 0 Å². The van der Waals surface area contributed by atoms with Gasteiger partial charge in [0.2, 0.25) is 0 Å². The zero-order chi connectivity index (χ0) is 11.8. The lowest BCUT2D eigenvalue weighted by atomic mass is 10.4. The van der Waals surface area contributed by atoms with Gasteiger partial charge in [0.05, 0.1) is 26.4 Å². The Labute approximate surface area is 97.6 Å². The Bertz CT molecular complexity index is 85.3. The quantitative estimate of drug-likeness (QED) is 0.368. The number of rotatable bonds is 9. The van der Waals surface area contributed by atoms with E-state index in [1.54, 1.807) is 0 Å². The molecule has 0 bridgehead atoms. The monoisotopic (exact) mass is 241 g/mol. The second-order valence-corrected chi connectivity index (χ2v) is 2.89. The predicted molar refractivity (Wildman–Crippen MR) is 63.5 cm³/mol. The second-order valence-electron chi connectivity index (χ2n) is 2.89. The van der Waals surface area contributed by atoms with Crippen molar-refractivity contribution in [3.05, 3.63) is 0 Å². The third kappa shape index (κ3) is 29.2. The number of unbranched alkanes of at least 4 members (excludes halogenated alkanes) is 1. The van der Waals surface area contributed by atoms with E-state index >= 15 is 0 Å². The first-order chi connectivity index (χ1) is 7.33. The summed E-state index contributed by atoms with van der Waals surface area (Å²) in [6.45, 7) is 4.95. The third-order valence-electron chi connectivity index (χ3n) is 1.46. The smallest absolute Gasteiger partial charge is 0.0697 e. The molecule has 0 heterocycles. The maximum Gasteiger partial charge on any atom is 0.0697 e. The Morgan fingerprint density at radius 3 is 1.88 bits per heavy atom. The molecule has 0 aliphatic heterocycles. The van der Waals surface area contributed by atoms with Gasteiger partial charge in [0.25, 0.3) is 0 Å². The predicted octanol–water partition coefficient (Wildman–Crippen LogP) is -1.47. The lowest BCUT2D eigenvalue weighted by Crippen LogP contribution is -2.21. The Balaban J connectivity index is -0.000000200. The largest absolute Gasteiger partial charge is 0.412 e. The summed E-state index contributed by atoms with van der Waals surface area (Å²) < 4.78 is 4.97. The molecule has 0 aromatic rings. The van der Waals surface area contributed by atoms with Crippen LogP contribution >= 0.6 is 0 Å². The molecule has 102 valence electrons. The molecule has 0 amide bonds. The Morgan fingerprint density at radius 2 is 1.50 bits per heavy atom. The van der Waals surface area contributed by atoms with Crippen molar-refractivity contribution in [1.29, 1.82) is 0 Å². The Hall–Kier alpha value is -0.240. The molecule has 6 N–H and O–H groups in total. The van der Waals surface area contributed by atoms with Gasteiger partial charge in [-0.2, -0.15) is 0 Å². The topological polar surface area (TPSA) is 113 Å². The molecule has 0 aromatic heterocycles. The van der Waals surface area contributed by atoms with Crippen LogP contribution in [0.4, 0.5) is 0 Å². The van der Waals surface area contributed by atoms with Crippen LogP contribution in [0.15, 0.2) is 0 Å². The molecule has 0 rings (SSSR count). The van der Waals surface area contributed by atoms with E-state index in [0.29, 0.717) is 19.7 Å². The van der Waals surface area contributed by atoms with E-state index in [1.807, 2.05) is 0 Å². The first kappa shape index (κ1) is 21.1. The second kappa shape index (κ2) is 24.1. The number of aliphatic hydroxyl groups excluding tert-OH is 3. The number of aliphatic hydroxyl groups is 3. The molecule has 0 radical (unpaired) electrons. The standard InChI is InChI=1S/C6H14O2.C4H11NO2.H2O/c1-2-3-5-8-6-4-7;6-3-1-5-2-4-7;/h7H,2-6H2,1H3;5-7H,1-4H2;1H2. The third-order valence-corrected chi connectivity index (χ3v) is 1.46. The molecule has 0 saturated heterocycles. The number of hydrogen-bond donors (Lipinski definition) is 4. The molecule has 0 fully saturated rings. The van der Waals surface area contributed by atoms with Crippen molar-refractivity contribution in [1.82, 2.24) is 5.32 Å². The molecule has 0 spiro atoms. The van der Waals surface area contributed by atoms with E-state index in [1.165, 1.54) is 0 Å². The van der Waals surface area contributed by atoms with Gasteiger partial charge in [-0.25, -0.2) is 0 Å². The number of ether oxygens (including phenoxy) is 1. The normalized spacial score (nSPS) is 9.00. The molecule has 6 nitrogen and oxygen atoms in total. The summed E-state index contributed by atoms with van der Waals surface area (Å²) in [5.41, 5.74) is 0. The Morgan fingerprint density at radius 1 is 0.938 bits per heavy atom. The van der Waals surface area contributed by atoms with Crippen molar-refractivity contribution < 1.29 is 25.5 Å². The molecule has 0 atom stereocenters. The van der Waals surface area contributed by atoms with Crippen LogP contribution < -0.4 is 5.32 Å². The molecule has 0 aliphatic rings. The molecule has 6 heteroatoms. The average Bonchev–Trinajstić information content (AvgIpc) is 2.26. The van der Waals surface area contributed by atoms with Gasteiger partial charge >= 0.3 is 0 Å². The average molecular weight is 241 g/mol. The van der Waals surface area contributed by atoms with Crippen LogP contribution in [-0.2, 0) is 4.74 Å². The van der Waals surface area contributed by atoms with Gasteiger partial charge in [-0.15, -0.1) is 0 Å². The summed E-state index contributed by atoms with van der Waals surface area (Å²) in [6.07, 6.45) is 2.26. The highest BCUT2D eigenvalue weighted by Crippen LogP contribution is 1.85. The zero-order valence-corrected chi connectivity index (χ0v) is 10.1. The lowest BCUT2D eigenvalue weighted by molar-refractivity contribution is 0.0904. The molecule has 16 heavy (non-hydrogen) atoms. The fourth-order valence-electron chi connectivity index (χ4n) is 0.696. The minimum Gasteiger partial charge on any atom is -0.412 e. The minimum atomic E-state index is 0. The summed E-state index contributed by atoms with van der Waals surface area (Å²) in [5.74, 6) is 0. The maximum absolute atomic E-state index is 8.24. The summed E-state index contributed by atoms with van der Waals surface area (Å²) in [6, 6.07) is 0. The fourth-order valence-corrected chi connectivity index (χ4v) is 0.696. The number of hydrogen-bond acceptors (Lipinski definition) is 5. The van der Waals surface area contributed by atoms with E-state index in [-0.39, 0.29) is 25.3 Å². The van der Waals surface area contributed by atoms with Gasteiger partial charge in [-0.05, 0) is 6.42 Å².